The lowest BCUT2D eigenvalue weighted by Crippen LogP contribution is -2.42. The monoisotopic (exact) mass is 455 g/mol. The maximum atomic E-state index is 12.9. The number of nitrogens with one attached hydrogen (secondary N) is 1. The van der Waals surface area contributed by atoms with Gasteiger partial charge < -0.3 is 5.32 Å². The van der Waals surface area contributed by atoms with E-state index in [1.165, 1.54) is 21.7 Å². The molecular formula is C18H18ClN3O3S3. The van der Waals surface area contributed by atoms with Crippen molar-refractivity contribution in [2.75, 3.05) is 11.9 Å². The van der Waals surface area contributed by atoms with Crippen LogP contribution in [0.5, 0.6) is 0 Å². The van der Waals surface area contributed by atoms with Crippen LogP contribution in [0.15, 0.2) is 28.5 Å². The first-order valence-electron chi connectivity index (χ1n) is 8.71. The number of thiazole rings is 1. The van der Waals surface area contributed by atoms with Crippen LogP contribution in [0.4, 0.5) is 5.13 Å². The van der Waals surface area contributed by atoms with Gasteiger partial charge in [-0.25, -0.2) is 13.4 Å². The lowest BCUT2D eigenvalue weighted by Gasteiger charge is -2.22. The van der Waals surface area contributed by atoms with Gasteiger partial charge in [-0.2, -0.15) is 4.31 Å². The van der Waals surface area contributed by atoms with Crippen LogP contribution in [-0.2, 0) is 14.8 Å². The van der Waals surface area contributed by atoms with Gasteiger partial charge in [0.2, 0.25) is 5.91 Å². The van der Waals surface area contributed by atoms with Gasteiger partial charge in [-0.05, 0) is 56.0 Å². The molecule has 148 valence electrons. The number of hydrogen-bond donors (Lipinski definition) is 1. The summed E-state index contributed by atoms with van der Waals surface area (Å²) in [5.74, 6) is -0.350. The Morgan fingerprint density at radius 2 is 2.07 bits per heavy atom. The molecule has 28 heavy (non-hydrogen) atoms. The highest BCUT2D eigenvalue weighted by atomic mass is 35.5. The van der Waals surface area contributed by atoms with E-state index in [4.69, 9.17) is 11.6 Å². The zero-order valence-corrected chi connectivity index (χ0v) is 18.4. The number of rotatable bonds is 4. The van der Waals surface area contributed by atoms with Crippen molar-refractivity contribution in [3.8, 4) is 0 Å². The number of aromatic nitrogens is 1. The van der Waals surface area contributed by atoms with Crippen LogP contribution in [-0.4, -0.2) is 36.2 Å². The number of carbonyl (C=O) groups excluding carboxylic acids is 1. The van der Waals surface area contributed by atoms with Crippen molar-refractivity contribution in [1.29, 1.82) is 0 Å². The molecule has 1 atom stereocenters. The molecule has 3 heterocycles. The van der Waals surface area contributed by atoms with Crippen molar-refractivity contribution < 1.29 is 13.2 Å². The van der Waals surface area contributed by atoms with Gasteiger partial charge in [-0.1, -0.05) is 29.0 Å². The quantitative estimate of drug-likeness (QED) is 0.631. The number of nitrogens with zero attached hydrogens (tertiary/aromatic N) is 2. The summed E-state index contributed by atoms with van der Waals surface area (Å²) in [5.41, 5.74) is 3.04. The highest BCUT2D eigenvalue weighted by Gasteiger charge is 2.40. The van der Waals surface area contributed by atoms with Gasteiger partial charge in [0, 0.05) is 6.54 Å². The molecule has 1 fully saturated rings. The largest absolute Gasteiger partial charge is 0.301 e. The molecule has 1 saturated heterocycles. The predicted octanol–water partition coefficient (Wildman–Crippen LogP) is 4.42. The Bertz CT molecular complexity index is 1170. The SMILES string of the molecule is Cc1cc(C)c2nc(NC(=O)C3CCCN3S(=O)(=O)c3ccc(Cl)s3)sc2c1. The Morgan fingerprint density at radius 1 is 1.29 bits per heavy atom. The van der Waals surface area contributed by atoms with Gasteiger partial charge in [-0.15, -0.1) is 11.3 Å². The third-order valence-corrected chi connectivity index (χ3v) is 9.20. The first kappa shape index (κ1) is 19.8. The fourth-order valence-corrected chi connectivity index (χ4v) is 7.77. The minimum atomic E-state index is -3.75. The van der Waals surface area contributed by atoms with Gasteiger partial charge in [-0.3, -0.25) is 4.79 Å². The number of hydrogen-bond acceptors (Lipinski definition) is 6. The smallest absolute Gasteiger partial charge is 0.253 e. The molecule has 4 rings (SSSR count). The summed E-state index contributed by atoms with van der Waals surface area (Å²) in [6, 6.07) is 6.36. The lowest BCUT2D eigenvalue weighted by atomic mass is 10.1. The molecule has 0 bridgehead atoms. The molecule has 1 amide bonds. The van der Waals surface area contributed by atoms with Crippen LogP contribution in [0.1, 0.15) is 24.0 Å². The van der Waals surface area contributed by atoms with Crippen molar-refractivity contribution in [2.24, 2.45) is 0 Å². The van der Waals surface area contributed by atoms with Gasteiger partial charge in [0.05, 0.1) is 14.6 Å². The summed E-state index contributed by atoms with van der Waals surface area (Å²) in [6.45, 7) is 4.31. The number of fused-ring (bicyclic) bond motifs is 1. The summed E-state index contributed by atoms with van der Waals surface area (Å²) >= 11 is 8.28. The van der Waals surface area contributed by atoms with Gasteiger partial charge in [0.15, 0.2) is 5.13 Å². The maximum absolute atomic E-state index is 12.9. The van der Waals surface area contributed by atoms with Gasteiger partial charge in [0.25, 0.3) is 10.0 Å². The van der Waals surface area contributed by atoms with E-state index in [1.54, 1.807) is 6.07 Å². The number of thiophene rings is 1. The molecule has 0 saturated carbocycles. The number of aryl methyl sites for hydroxylation is 2. The third kappa shape index (κ3) is 3.57. The number of halogens is 1. The molecule has 0 spiro atoms. The second-order valence-electron chi connectivity index (χ2n) is 6.77. The summed E-state index contributed by atoms with van der Waals surface area (Å²) < 4.78 is 28.7. The Balaban J connectivity index is 1.58. The molecular weight excluding hydrogens is 438 g/mol. The topological polar surface area (TPSA) is 79.4 Å². The molecule has 1 aliphatic heterocycles. The molecule has 6 nitrogen and oxygen atoms in total. The first-order valence-corrected chi connectivity index (χ1v) is 12.2. The highest BCUT2D eigenvalue weighted by molar-refractivity contribution is 7.91. The number of sulfonamides is 1. The molecule has 1 N–H and O–H groups in total. The van der Waals surface area contributed by atoms with Crippen molar-refractivity contribution in [3.63, 3.8) is 0 Å². The van der Waals surface area contributed by atoms with Crippen molar-refractivity contribution in [1.82, 2.24) is 9.29 Å². The minimum Gasteiger partial charge on any atom is -0.301 e. The van der Waals surface area contributed by atoms with Crippen LogP contribution >= 0.6 is 34.3 Å². The number of amides is 1. The normalized spacial score (nSPS) is 18.0. The summed E-state index contributed by atoms with van der Waals surface area (Å²) in [6.07, 6.45) is 1.11. The van der Waals surface area contributed by atoms with E-state index < -0.39 is 16.1 Å². The first-order chi connectivity index (χ1) is 13.3. The molecule has 0 aliphatic carbocycles. The van der Waals surface area contributed by atoms with E-state index in [9.17, 15) is 13.2 Å². The van der Waals surface area contributed by atoms with Crippen molar-refractivity contribution >= 4 is 65.6 Å². The minimum absolute atomic E-state index is 0.156. The fourth-order valence-electron chi connectivity index (χ4n) is 3.45. The lowest BCUT2D eigenvalue weighted by molar-refractivity contribution is -0.119. The van der Waals surface area contributed by atoms with Crippen molar-refractivity contribution in [3.05, 3.63) is 39.7 Å². The second kappa shape index (κ2) is 7.38. The Labute approximate surface area is 176 Å². The summed E-state index contributed by atoms with van der Waals surface area (Å²) in [4.78, 5) is 17.4. The molecule has 1 unspecified atom stereocenters. The zero-order valence-electron chi connectivity index (χ0n) is 15.2. The fraction of sp³-hybridized carbons (Fsp3) is 0.333. The van der Waals surface area contributed by atoms with Crippen LogP contribution in [0.2, 0.25) is 4.34 Å². The average molecular weight is 456 g/mol. The molecule has 1 aliphatic rings. The molecule has 1 aromatic carbocycles. The van der Waals surface area contributed by atoms with E-state index in [2.05, 4.69) is 10.3 Å². The Kier molecular flexibility index (Phi) is 5.22. The third-order valence-electron chi connectivity index (χ3n) is 4.68. The van der Waals surface area contributed by atoms with Crippen molar-refractivity contribution in [2.45, 2.75) is 36.9 Å². The molecule has 10 heteroatoms. The predicted molar refractivity (Wildman–Crippen MR) is 114 cm³/mol. The van der Waals surface area contributed by atoms with E-state index in [-0.39, 0.29) is 10.1 Å². The van der Waals surface area contributed by atoms with Gasteiger partial charge in [0.1, 0.15) is 10.3 Å². The Hall–Kier alpha value is -1.52. The van der Waals surface area contributed by atoms with Crippen LogP contribution in [0, 0.1) is 13.8 Å². The molecule has 0 radical (unpaired) electrons. The number of anilines is 1. The molecule has 2 aromatic heterocycles. The highest BCUT2D eigenvalue weighted by Crippen LogP contribution is 2.33. The Morgan fingerprint density at radius 3 is 2.79 bits per heavy atom. The standard InChI is InChI=1S/C18H18ClN3O3S3/c1-10-8-11(2)16-13(9-10)26-18(20-16)21-17(23)12-4-3-7-22(12)28(24,25)15-6-5-14(19)27-15/h5-6,8-9,12H,3-4,7H2,1-2H3,(H,20,21,23). The van der Waals surface area contributed by atoms with E-state index in [0.717, 1.165) is 32.7 Å². The number of carbonyl (C=O) groups is 1. The second-order valence-corrected chi connectivity index (χ2v) is 11.6. The van der Waals surface area contributed by atoms with Crippen LogP contribution in [0.25, 0.3) is 10.2 Å². The average Bonchev–Trinajstić information content (AvgIpc) is 3.33. The van der Waals surface area contributed by atoms with Crippen LogP contribution < -0.4 is 5.32 Å². The summed E-state index contributed by atoms with van der Waals surface area (Å²) in [5, 5.41) is 3.30. The maximum Gasteiger partial charge on any atom is 0.253 e. The van der Waals surface area contributed by atoms with Gasteiger partial charge >= 0.3 is 0 Å². The molecule has 3 aromatic rings. The zero-order chi connectivity index (χ0) is 20.1. The van der Waals surface area contributed by atoms with E-state index in [1.807, 2.05) is 26.0 Å². The summed E-state index contributed by atoms with van der Waals surface area (Å²) in [7, 11) is -3.75. The van der Waals surface area contributed by atoms with E-state index >= 15 is 0 Å². The van der Waals surface area contributed by atoms with Crippen LogP contribution in [0.3, 0.4) is 0 Å². The number of benzene rings is 1. The van der Waals surface area contributed by atoms with E-state index in [0.29, 0.717) is 28.9 Å².